The Morgan fingerprint density at radius 3 is 2.62 bits per heavy atom. The van der Waals surface area contributed by atoms with Crippen LogP contribution >= 0.6 is 0 Å². The van der Waals surface area contributed by atoms with E-state index in [0.717, 1.165) is 24.0 Å². The fourth-order valence-corrected chi connectivity index (χ4v) is 3.12. The van der Waals surface area contributed by atoms with Crippen LogP contribution in [0.4, 0.5) is 0 Å². The maximum absolute atomic E-state index is 9.50. The van der Waals surface area contributed by atoms with E-state index in [4.69, 9.17) is 18.7 Å². The second-order valence-electron chi connectivity index (χ2n) is 7.06. The minimum atomic E-state index is -0.0795. The van der Waals surface area contributed by atoms with Crippen LogP contribution in [0.15, 0.2) is 47.0 Å². The molecule has 0 bridgehead atoms. The summed E-state index contributed by atoms with van der Waals surface area (Å²) in [5.74, 6) is 3.53. The zero-order valence-corrected chi connectivity index (χ0v) is 16.3. The van der Waals surface area contributed by atoms with Crippen LogP contribution in [0.1, 0.15) is 48.0 Å². The van der Waals surface area contributed by atoms with Crippen molar-refractivity contribution < 1.29 is 23.8 Å². The number of aromatic nitrogens is 2. The maximum atomic E-state index is 9.50. The van der Waals surface area contributed by atoms with Crippen molar-refractivity contribution in [2.45, 2.75) is 45.3 Å². The number of ether oxygens (including phenoxy) is 3. The molecule has 0 amide bonds. The van der Waals surface area contributed by atoms with Crippen molar-refractivity contribution in [2.24, 2.45) is 0 Å². The smallest absolute Gasteiger partial charge is 0.230 e. The van der Waals surface area contributed by atoms with Gasteiger partial charge < -0.3 is 23.8 Å². The van der Waals surface area contributed by atoms with Gasteiger partial charge >= 0.3 is 0 Å². The molecule has 0 radical (unpaired) electrons. The molecule has 0 saturated heterocycles. The number of rotatable bonds is 9. The van der Waals surface area contributed by atoms with Crippen molar-refractivity contribution in [3.05, 3.63) is 65.3 Å². The van der Waals surface area contributed by atoms with Crippen molar-refractivity contribution >= 4 is 0 Å². The van der Waals surface area contributed by atoms with Crippen LogP contribution in [0.25, 0.3) is 0 Å². The van der Waals surface area contributed by atoms with E-state index >= 15 is 0 Å². The highest BCUT2D eigenvalue weighted by Crippen LogP contribution is 2.35. The van der Waals surface area contributed by atoms with Gasteiger partial charge in [0.1, 0.15) is 17.2 Å². The molecule has 1 heterocycles. The molecule has 4 rings (SSSR count). The molecule has 152 valence electrons. The van der Waals surface area contributed by atoms with E-state index in [1.807, 2.05) is 43.3 Å². The maximum Gasteiger partial charge on any atom is 0.230 e. The van der Waals surface area contributed by atoms with Crippen LogP contribution in [-0.4, -0.2) is 22.0 Å². The third kappa shape index (κ3) is 4.68. The third-order valence-corrected chi connectivity index (χ3v) is 5.08. The van der Waals surface area contributed by atoms with E-state index in [-0.39, 0.29) is 20.0 Å². The molecule has 1 aliphatic rings. The van der Waals surface area contributed by atoms with Crippen LogP contribution < -0.4 is 14.2 Å². The summed E-state index contributed by atoms with van der Waals surface area (Å²) in [6, 6.07) is 12.9. The second-order valence-corrected chi connectivity index (χ2v) is 7.06. The number of benzene rings is 2. The van der Waals surface area contributed by atoms with E-state index in [0.29, 0.717) is 34.9 Å². The van der Waals surface area contributed by atoms with E-state index in [1.54, 1.807) is 6.07 Å². The second kappa shape index (κ2) is 8.96. The van der Waals surface area contributed by atoms with Crippen LogP contribution in [0, 0.1) is 6.92 Å². The molecule has 1 fully saturated rings. The highest BCUT2D eigenvalue weighted by Gasteiger charge is 2.25. The topological polar surface area (TPSA) is 86.8 Å². The lowest BCUT2D eigenvalue weighted by Crippen LogP contribution is -2.09. The first-order valence-corrected chi connectivity index (χ1v) is 9.73. The van der Waals surface area contributed by atoms with E-state index in [1.165, 1.54) is 6.42 Å². The van der Waals surface area contributed by atoms with Crippen molar-refractivity contribution in [2.75, 3.05) is 6.79 Å². The molecule has 1 N–H and O–H groups in total. The van der Waals surface area contributed by atoms with Crippen LogP contribution in [0.2, 0.25) is 0 Å². The Labute approximate surface area is 169 Å². The summed E-state index contributed by atoms with van der Waals surface area (Å²) < 4.78 is 22.4. The van der Waals surface area contributed by atoms with Gasteiger partial charge in [-0.25, -0.2) is 0 Å². The summed E-state index contributed by atoms with van der Waals surface area (Å²) in [6.45, 7) is 2.11. The molecule has 0 unspecified atom stereocenters. The first-order valence-electron chi connectivity index (χ1n) is 9.73. The lowest BCUT2D eigenvalue weighted by Gasteiger charge is -2.20. The van der Waals surface area contributed by atoms with Crippen molar-refractivity contribution in [3.8, 4) is 17.2 Å². The van der Waals surface area contributed by atoms with E-state index in [9.17, 15) is 5.11 Å². The molecule has 29 heavy (non-hydrogen) atoms. The van der Waals surface area contributed by atoms with Gasteiger partial charge in [-0.15, -0.1) is 0 Å². The molecule has 1 aliphatic carbocycles. The standard InChI is InChI=1S/C22H24N2O5/c1-15-5-2-10-20(19(15)12-25)28-14-27-18-9-4-8-17(11-18)26-13-21-23-22(29-24-21)16-6-3-7-16/h2,4-5,8-11,16,25H,3,6-7,12-14H2,1H3. The third-order valence-electron chi connectivity index (χ3n) is 5.08. The van der Waals surface area contributed by atoms with Crippen LogP contribution in [0.5, 0.6) is 17.2 Å². The first kappa shape index (κ1) is 19.3. The monoisotopic (exact) mass is 396 g/mol. The molecule has 1 saturated carbocycles. The Balaban J connectivity index is 1.29. The summed E-state index contributed by atoms with van der Waals surface area (Å²) >= 11 is 0. The number of hydrogen-bond donors (Lipinski definition) is 1. The molecule has 3 aromatic rings. The minimum Gasteiger partial charge on any atom is -0.485 e. The van der Waals surface area contributed by atoms with Crippen molar-refractivity contribution in [1.29, 1.82) is 0 Å². The number of aliphatic hydroxyl groups is 1. The summed E-state index contributed by atoms with van der Waals surface area (Å²) in [6.07, 6.45) is 3.46. The van der Waals surface area contributed by atoms with Gasteiger partial charge in [-0.2, -0.15) is 4.98 Å². The Morgan fingerprint density at radius 2 is 1.86 bits per heavy atom. The van der Waals surface area contributed by atoms with Gasteiger partial charge in [0.05, 0.1) is 6.61 Å². The fraction of sp³-hybridized carbons (Fsp3) is 0.364. The molecular weight excluding hydrogens is 372 g/mol. The Bertz CT molecular complexity index is 952. The SMILES string of the molecule is Cc1cccc(OCOc2cccc(OCc3noc(C4CCC4)n3)c2)c1CO. The van der Waals surface area contributed by atoms with Crippen LogP contribution in [0.3, 0.4) is 0 Å². The lowest BCUT2D eigenvalue weighted by molar-refractivity contribution is 0.116. The van der Waals surface area contributed by atoms with Crippen molar-refractivity contribution in [3.63, 3.8) is 0 Å². The van der Waals surface area contributed by atoms with Gasteiger partial charge in [0.15, 0.2) is 6.61 Å². The zero-order chi connectivity index (χ0) is 20.1. The summed E-state index contributed by atoms with van der Waals surface area (Å²) in [5.41, 5.74) is 1.73. The minimum absolute atomic E-state index is 0.0233. The molecule has 2 aromatic carbocycles. The summed E-state index contributed by atoms with van der Waals surface area (Å²) in [7, 11) is 0. The average molecular weight is 396 g/mol. The predicted octanol–water partition coefficient (Wildman–Crippen LogP) is 4.13. The highest BCUT2D eigenvalue weighted by molar-refractivity contribution is 5.39. The van der Waals surface area contributed by atoms with Crippen molar-refractivity contribution in [1.82, 2.24) is 10.1 Å². The number of nitrogens with zero attached hydrogens (tertiary/aromatic N) is 2. The molecular formula is C22H24N2O5. The Morgan fingerprint density at radius 1 is 1.07 bits per heavy atom. The fourth-order valence-electron chi connectivity index (χ4n) is 3.12. The molecule has 1 aromatic heterocycles. The number of aryl methyl sites for hydroxylation is 1. The first-order chi connectivity index (χ1) is 14.2. The van der Waals surface area contributed by atoms with E-state index < -0.39 is 0 Å². The van der Waals surface area contributed by atoms with Gasteiger partial charge in [-0.05, 0) is 43.5 Å². The van der Waals surface area contributed by atoms with Gasteiger partial charge in [0, 0.05) is 17.5 Å². The Kier molecular flexibility index (Phi) is 5.95. The highest BCUT2D eigenvalue weighted by atomic mass is 16.7. The number of aliphatic hydroxyl groups excluding tert-OH is 1. The molecule has 0 spiro atoms. The zero-order valence-electron chi connectivity index (χ0n) is 16.3. The van der Waals surface area contributed by atoms with Gasteiger partial charge in [0.25, 0.3) is 0 Å². The van der Waals surface area contributed by atoms with E-state index in [2.05, 4.69) is 10.1 Å². The molecule has 0 atom stereocenters. The van der Waals surface area contributed by atoms with Crippen LogP contribution in [-0.2, 0) is 13.2 Å². The predicted molar refractivity (Wildman–Crippen MR) is 105 cm³/mol. The largest absolute Gasteiger partial charge is 0.485 e. The Hall–Kier alpha value is -3.06. The average Bonchev–Trinajstić information content (AvgIpc) is 3.14. The van der Waals surface area contributed by atoms with Gasteiger partial charge in [-0.3, -0.25) is 0 Å². The molecule has 7 heteroatoms. The molecule has 7 nitrogen and oxygen atoms in total. The summed E-state index contributed by atoms with van der Waals surface area (Å²) in [4.78, 5) is 4.40. The molecule has 0 aliphatic heterocycles. The van der Waals surface area contributed by atoms with Gasteiger partial charge in [0.2, 0.25) is 18.5 Å². The number of hydrogen-bond acceptors (Lipinski definition) is 7. The quantitative estimate of drug-likeness (QED) is 0.544. The normalized spacial score (nSPS) is 13.7. The summed E-state index contributed by atoms with van der Waals surface area (Å²) in [5, 5.41) is 13.5. The van der Waals surface area contributed by atoms with Gasteiger partial charge in [-0.1, -0.05) is 29.8 Å². The lowest BCUT2D eigenvalue weighted by atomic mass is 9.85.